The summed E-state index contributed by atoms with van der Waals surface area (Å²) in [5.74, 6) is 2.05. The van der Waals surface area contributed by atoms with E-state index in [0.29, 0.717) is 24.5 Å². The molecule has 1 unspecified atom stereocenters. The predicted octanol–water partition coefficient (Wildman–Crippen LogP) is 0.538. The number of hydrogen-bond donors (Lipinski definition) is 1. The third-order valence-corrected chi connectivity index (χ3v) is 4.63. The average Bonchev–Trinajstić information content (AvgIpc) is 3.00. The smallest absolute Gasteiger partial charge is 0.259 e. The minimum atomic E-state index is -0.196. The number of hydrogen-bond acceptors (Lipinski definition) is 5. The van der Waals surface area contributed by atoms with Crippen LogP contribution in [0.3, 0.4) is 0 Å². The van der Waals surface area contributed by atoms with Crippen molar-refractivity contribution in [3.63, 3.8) is 0 Å². The molecule has 0 saturated carbocycles. The van der Waals surface area contributed by atoms with E-state index in [1.54, 1.807) is 18.3 Å². The minimum Gasteiger partial charge on any atom is -0.473 e. The maximum atomic E-state index is 12.6. The van der Waals surface area contributed by atoms with Crippen molar-refractivity contribution in [1.29, 1.82) is 0 Å². The van der Waals surface area contributed by atoms with Gasteiger partial charge in [-0.05, 0) is 24.3 Å². The first kappa shape index (κ1) is 14.2. The number of carbonyl (C=O) groups excluding carboxylic acids is 2. The second-order valence-corrected chi connectivity index (χ2v) is 6.19. The first-order valence-corrected chi connectivity index (χ1v) is 8.15. The highest BCUT2D eigenvalue weighted by Crippen LogP contribution is 2.25. The van der Waals surface area contributed by atoms with Gasteiger partial charge < -0.3 is 15.0 Å². The lowest BCUT2D eigenvalue weighted by Crippen LogP contribution is -2.50. The summed E-state index contributed by atoms with van der Waals surface area (Å²) in [5.41, 5.74) is 0.434. The number of aromatic nitrogens is 1. The molecule has 2 aliphatic heterocycles. The molecule has 0 aliphatic carbocycles. The molecule has 0 radical (unpaired) electrons. The van der Waals surface area contributed by atoms with E-state index in [4.69, 9.17) is 4.74 Å². The molecule has 2 aliphatic rings. The van der Waals surface area contributed by atoms with Gasteiger partial charge in [0.2, 0.25) is 11.8 Å². The van der Waals surface area contributed by atoms with Crippen molar-refractivity contribution < 1.29 is 14.3 Å². The van der Waals surface area contributed by atoms with Gasteiger partial charge in [-0.2, -0.15) is 11.8 Å². The molecule has 1 atom stereocenters. The molecule has 1 aromatic heterocycles. The lowest BCUT2D eigenvalue weighted by Gasteiger charge is -2.27. The highest BCUT2D eigenvalue weighted by Gasteiger charge is 2.26. The summed E-state index contributed by atoms with van der Waals surface area (Å²) < 4.78 is 5.87. The zero-order valence-electron chi connectivity index (χ0n) is 11.6. The normalized spacial score (nSPS) is 22.0. The molecule has 3 rings (SSSR count). The third-order valence-electron chi connectivity index (χ3n) is 3.49. The average molecular weight is 307 g/mol. The van der Waals surface area contributed by atoms with E-state index < -0.39 is 0 Å². The maximum Gasteiger partial charge on any atom is 0.259 e. The SMILES string of the molecule is O=C1CN(C(=O)c2cccnc2OC2CCSC2)CCN1. The van der Waals surface area contributed by atoms with Gasteiger partial charge in [-0.15, -0.1) is 0 Å². The van der Waals surface area contributed by atoms with E-state index in [0.717, 1.165) is 17.9 Å². The molecular formula is C14H17N3O3S. The van der Waals surface area contributed by atoms with Gasteiger partial charge in [-0.1, -0.05) is 0 Å². The van der Waals surface area contributed by atoms with Crippen molar-refractivity contribution in [1.82, 2.24) is 15.2 Å². The molecule has 2 amide bonds. The van der Waals surface area contributed by atoms with E-state index in [2.05, 4.69) is 10.3 Å². The summed E-state index contributed by atoms with van der Waals surface area (Å²) in [6, 6.07) is 3.42. The van der Waals surface area contributed by atoms with Crippen LogP contribution < -0.4 is 10.1 Å². The van der Waals surface area contributed by atoms with Crippen LogP contribution in [0.5, 0.6) is 5.88 Å². The van der Waals surface area contributed by atoms with Crippen molar-refractivity contribution in [2.75, 3.05) is 31.1 Å². The Bertz CT molecular complexity index is 546. The van der Waals surface area contributed by atoms with Crippen LogP contribution in [-0.2, 0) is 4.79 Å². The molecule has 7 heteroatoms. The Balaban J connectivity index is 1.77. The van der Waals surface area contributed by atoms with Gasteiger partial charge in [0.25, 0.3) is 5.91 Å². The van der Waals surface area contributed by atoms with Gasteiger partial charge in [0.15, 0.2) is 0 Å². The maximum absolute atomic E-state index is 12.6. The van der Waals surface area contributed by atoms with E-state index in [9.17, 15) is 9.59 Å². The Morgan fingerprint density at radius 2 is 2.43 bits per heavy atom. The summed E-state index contributed by atoms with van der Waals surface area (Å²) in [6.07, 6.45) is 2.71. The second kappa shape index (κ2) is 6.34. The summed E-state index contributed by atoms with van der Waals surface area (Å²) in [4.78, 5) is 29.7. The Labute approximate surface area is 127 Å². The summed E-state index contributed by atoms with van der Waals surface area (Å²) in [6.45, 7) is 1.09. The number of ether oxygens (including phenoxy) is 1. The molecular weight excluding hydrogens is 290 g/mol. The van der Waals surface area contributed by atoms with E-state index >= 15 is 0 Å². The van der Waals surface area contributed by atoms with E-state index in [-0.39, 0.29) is 24.5 Å². The van der Waals surface area contributed by atoms with Gasteiger partial charge in [0.1, 0.15) is 11.7 Å². The molecule has 2 fully saturated rings. The van der Waals surface area contributed by atoms with Crippen LogP contribution in [0.2, 0.25) is 0 Å². The number of pyridine rings is 1. The van der Waals surface area contributed by atoms with Crippen molar-refractivity contribution >= 4 is 23.6 Å². The molecule has 0 spiro atoms. The quantitative estimate of drug-likeness (QED) is 0.882. The first-order chi connectivity index (χ1) is 10.2. The number of amides is 2. The van der Waals surface area contributed by atoms with Crippen LogP contribution in [0, 0.1) is 0 Å². The zero-order valence-corrected chi connectivity index (χ0v) is 12.4. The largest absolute Gasteiger partial charge is 0.473 e. The molecule has 21 heavy (non-hydrogen) atoms. The molecule has 0 aromatic carbocycles. The molecule has 3 heterocycles. The number of nitrogens with one attached hydrogen (secondary N) is 1. The van der Waals surface area contributed by atoms with Crippen LogP contribution in [-0.4, -0.2) is 58.9 Å². The van der Waals surface area contributed by atoms with Gasteiger partial charge in [0, 0.05) is 25.0 Å². The number of piperazine rings is 1. The number of rotatable bonds is 3. The lowest BCUT2D eigenvalue weighted by molar-refractivity contribution is -0.123. The van der Waals surface area contributed by atoms with Gasteiger partial charge in [-0.25, -0.2) is 4.98 Å². The van der Waals surface area contributed by atoms with Gasteiger partial charge in [0.05, 0.1) is 6.54 Å². The fourth-order valence-corrected chi connectivity index (χ4v) is 3.49. The Morgan fingerprint density at radius 3 is 3.19 bits per heavy atom. The fraction of sp³-hybridized carbons (Fsp3) is 0.500. The minimum absolute atomic E-state index is 0.0897. The summed E-state index contributed by atoms with van der Waals surface area (Å²) in [7, 11) is 0. The molecule has 1 N–H and O–H groups in total. The standard InChI is InChI=1S/C14H17N3O3S/c18-12-8-17(6-5-15-12)14(19)11-2-1-4-16-13(11)20-10-3-7-21-9-10/h1-2,4,10H,3,5-9H2,(H,15,18). The topological polar surface area (TPSA) is 71.5 Å². The number of thioether (sulfide) groups is 1. The van der Waals surface area contributed by atoms with Crippen molar-refractivity contribution in [3.8, 4) is 5.88 Å². The van der Waals surface area contributed by atoms with Crippen molar-refractivity contribution in [3.05, 3.63) is 23.9 Å². The summed E-state index contributed by atoms with van der Waals surface area (Å²) in [5, 5.41) is 2.71. The van der Waals surface area contributed by atoms with Crippen LogP contribution in [0.15, 0.2) is 18.3 Å². The Hall–Kier alpha value is -1.76. The molecule has 0 bridgehead atoms. The van der Waals surface area contributed by atoms with E-state index in [1.807, 2.05) is 11.8 Å². The van der Waals surface area contributed by atoms with Crippen LogP contribution in [0.1, 0.15) is 16.8 Å². The third kappa shape index (κ3) is 3.29. The van der Waals surface area contributed by atoms with Gasteiger partial charge >= 0.3 is 0 Å². The van der Waals surface area contributed by atoms with E-state index in [1.165, 1.54) is 4.90 Å². The molecule has 2 saturated heterocycles. The van der Waals surface area contributed by atoms with Crippen LogP contribution >= 0.6 is 11.8 Å². The Morgan fingerprint density at radius 1 is 1.52 bits per heavy atom. The highest BCUT2D eigenvalue weighted by atomic mass is 32.2. The van der Waals surface area contributed by atoms with Crippen LogP contribution in [0.25, 0.3) is 0 Å². The predicted molar refractivity (Wildman–Crippen MR) is 79.5 cm³/mol. The second-order valence-electron chi connectivity index (χ2n) is 5.04. The van der Waals surface area contributed by atoms with Crippen molar-refractivity contribution in [2.45, 2.75) is 12.5 Å². The Kier molecular flexibility index (Phi) is 4.28. The molecule has 112 valence electrons. The summed E-state index contributed by atoms with van der Waals surface area (Å²) >= 11 is 1.84. The van der Waals surface area contributed by atoms with Crippen molar-refractivity contribution in [2.24, 2.45) is 0 Å². The lowest BCUT2D eigenvalue weighted by atomic mass is 10.2. The number of nitrogens with zero attached hydrogens (tertiary/aromatic N) is 2. The monoisotopic (exact) mass is 307 g/mol. The van der Waals surface area contributed by atoms with Gasteiger partial charge in [-0.3, -0.25) is 9.59 Å². The molecule has 1 aromatic rings. The molecule has 6 nitrogen and oxygen atoms in total. The number of carbonyl (C=O) groups is 2. The fourth-order valence-electron chi connectivity index (χ4n) is 2.39. The first-order valence-electron chi connectivity index (χ1n) is 6.99. The van der Waals surface area contributed by atoms with Crippen LogP contribution in [0.4, 0.5) is 0 Å². The zero-order chi connectivity index (χ0) is 14.7. The highest BCUT2D eigenvalue weighted by molar-refractivity contribution is 7.99.